The number of hydrogen-bond donors (Lipinski definition) is 1. The fourth-order valence-electron chi connectivity index (χ4n) is 3.30. The molecule has 2 N–H and O–H groups in total. The molecule has 1 saturated heterocycles. The molecule has 1 aliphatic heterocycles. The number of carbonyl (C=O) groups is 1. The van der Waals surface area contributed by atoms with Gasteiger partial charge in [0.15, 0.2) is 0 Å². The van der Waals surface area contributed by atoms with E-state index in [9.17, 15) is 13.6 Å². The first-order chi connectivity index (χ1) is 9.06. The molecule has 1 aromatic carbocycles. The van der Waals surface area contributed by atoms with Crippen LogP contribution in [0.1, 0.15) is 29.6 Å². The fourth-order valence-corrected chi connectivity index (χ4v) is 3.30. The molecule has 3 rings (SSSR count). The lowest BCUT2D eigenvalue weighted by atomic mass is 10.0. The summed E-state index contributed by atoms with van der Waals surface area (Å²) in [5, 5.41) is 0. The van der Waals surface area contributed by atoms with Crippen molar-refractivity contribution in [1.82, 2.24) is 4.90 Å². The maximum absolute atomic E-state index is 13.7. The van der Waals surface area contributed by atoms with Crippen molar-refractivity contribution in [2.24, 2.45) is 11.8 Å². The lowest BCUT2D eigenvalue weighted by molar-refractivity contribution is 0.0776. The van der Waals surface area contributed by atoms with E-state index in [4.69, 9.17) is 5.73 Å². The van der Waals surface area contributed by atoms with Gasteiger partial charge in [0, 0.05) is 19.2 Å². The highest BCUT2D eigenvalue weighted by Crippen LogP contribution is 2.38. The summed E-state index contributed by atoms with van der Waals surface area (Å²) in [6.45, 7) is 1.36. The van der Waals surface area contributed by atoms with Gasteiger partial charge in [0.2, 0.25) is 0 Å². The molecule has 1 aliphatic carbocycles. The summed E-state index contributed by atoms with van der Waals surface area (Å²) in [4.78, 5) is 13.9. The van der Waals surface area contributed by atoms with Crippen LogP contribution < -0.4 is 5.73 Å². The molecule has 1 saturated carbocycles. The van der Waals surface area contributed by atoms with E-state index in [1.54, 1.807) is 4.90 Å². The first kappa shape index (κ1) is 12.4. The third kappa shape index (κ3) is 2.07. The van der Waals surface area contributed by atoms with Crippen LogP contribution in [-0.2, 0) is 0 Å². The van der Waals surface area contributed by atoms with Gasteiger partial charge >= 0.3 is 0 Å². The van der Waals surface area contributed by atoms with E-state index in [1.807, 2.05) is 0 Å². The van der Waals surface area contributed by atoms with Crippen molar-refractivity contribution in [3.63, 3.8) is 0 Å². The smallest absolute Gasteiger partial charge is 0.256 e. The summed E-state index contributed by atoms with van der Waals surface area (Å²) >= 11 is 0. The van der Waals surface area contributed by atoms with E-state index in [-0.39, 0.29) is 17.2 Å². The van der Waals surface area contributed by atoms with E-state index in [2.05, 4.69) is 0 Å². The lowest BCUT2D eigenvalue weighted by Gasteiger charge is -2.18. The number of carbonyl (C=O) groups excluding carboxylic acids is 1. The minimum Gasteiger partial charge on any atom is -0.396 e. The summed E-state index contributed by atoms with van der Waals surface area (Å²) in [5.74, 6) is -0.950. The SMILES string of the molecule is Nc1cc(C(=O)N2CC3CCCC3C2)c(F)cc1F. The Bertz CT molecular complexity index is 520. The molecule has 1 aromatic rings. The molecule has 0 bridgehead atoms. The van der Waals surface area contributed by atoms with Crippen molar-refractivity contribution >= 4 is 11.6 Å². The first-order valence-electron chi connectivity index (χ1n) is 6.60. The van der Waals surface area contributed by atoms with Crippen molar-refractivity contribution in [3.8, 4) is 0 Å². The van der Waals surface area contributed by atoms with Gasteiger partial charge in [-0.3, -0.25) is 4.79 Å². The zero-order valence-corrected chi connectivity index (χ0v) is 10.5. The van der Waals surface area contributed by atoms with Crippen LogP contribution in [0.4, 0.5) is 14.5 Å². The third-order valence-electron chi connectivity index (χ3n) is 4.33. The Morgan fingerprint density at radius 1 is 1.16 bits per heavy atom. The van der Waals surface area contributed by atoms with E-state index in [1.165, 1.54) is 6.42 Å². The van der Waals surface area contributed by atoms with Gasteiger partial charge in [0.25, 0.3) is 5.91 Å². The van der Waals surface area contributed by atoms with Crippen molar-refractivity contribution in [2.75, 3.05) is 18.8 Å². The molecular formula is C14H16F2N2O. The van der Waals surface area contributed by atoms with E-state index in [0.717, 1.165) is 18.9 Å². The van der Waals surface area contributed by atoms with Crippen LogP contribution in [-0.4, -0.2) is 23.9 Å². The van der Waals surface area contributed by atoms with Crippen LogP contribution >= 0.6 is 0 Å². The van der Waals surface area contributed by atoms with Crippen LogP contribution in [0.3, 0.4) is 0 Å². The summed E-state index contributed by atoms with van der Waals surface area (Å²) < 4.78 is 26.8. The predicted molar refractivity (Wildman–Crippen MR) is 67.5 cm³/mol. The van der Waals surface area contributed by atoms with E-state index in [0.29, 0.717) is 31.0 Å². The zero-order chi connectivity index (χ0) is 13.6. The molecule has 2 atom stereocenters. The number of anilines is 1. The van der Waals surface area contributed by atoms with Gasteiger partial charge in [0.1, 0.15) is 11.6 Å². The second-order valence-electron chi connectivity index (χ2n) is 5.51. The van der Waals surface area contributed by atoms with Gasteiger partial charge in [-0.25, -0.2) is 8.78 Å². The molecule has 1 amide bonds. The normalized spacial score (nSPS) is 25.7. The van der Waals surface area contributed by atoms with E-state index < -0.39 is 11.6 Å². The fraction of sp³-hybridized carbons (Fsp3) is 0.500. The summed E-state index contributed by atoms with van der Waals surface area (Å²) in [6, 6.07) is 1.78. The number of likely N-dealkylation sites (tertiary alicyclic amines) is 1. The van der Waals surface area contributed by atoms with Crippen molar-refractivity contribution in [1.29, 1.82) is 0 Å². The summed E-state index contributed by atoms with van der Waals surface area (Å²) in [5.41, 5.74) is 5.09. The number of nitrogens with two attached hydrogens (primary N) is 1. The third-order valence-corrected chi connectivity index (χ3v) is 4.33. The van der Waals surface area contributed by atoms with Crippen LogP contribution in [0.25, 0.3) is 0 Å². The van der Waals surface area contributed by atoms with Gasteiger partial charge < -0.3 is 10.6 Å². The van der Waals surface area contributed by atoms with Gasteiger partial charge in [0.05, 0.1) is 11.3 Å². The lowest BCUT2D eigenvalue weighted by Crippen LogP contribution is -2.30. The second-order valence-corrected chi connectivity index (χ2v) is 5.51. The van der Waals surface area contributed by atoms with Crippen LogP contribution in [0.5, 0.6) is 0 Å². The largest absolute Gasteiger partial charge is 0.396 e. The quantitative estimate of drug-likeness (QED) is 0.793. The molecule has 0 aromatic heterocycles. The second kappa shape index (κ2) is 4.47. The molecule has 2 unspecified atom stereocenters. The summed E-state index contributed by atoms with van der Waals surface area (Å²) in [6.07, 6.45) is 3.50. The van der Waals surface area contributed by atoms with Crippen LogP contribution in [0, 0.1) is 23.5 Å². The Morgan fingerprint density at radius 2 is 1.79 bits per heavy atom. The predicted octanol–water partition coefficient (Wildman–Crippen LogP) is 2.42. The molecule has 19 heavy (non-hydrogen) atoms. The molecule has 2 fully saturated rings. The molecule has 102 valence electrons. The van der Waals surface area contributed by atoms with Crippen LogP contribution in [0.15, 0.2) is 12.1 Å². The van der Waals surface area contributed by atoms with Crippen molar-refractivity contribution in [2.45, 2.75) is 19.3 Å². The highest BCUT2D eigenvalue weighted by atomic mass is 19.1. The molecule has 0 spiro atoms. The van der Waals surface area contributed by atoms with Gasteiger partial charge in [-0.15, -0.1) is 0 Å². The first-order valence-corrected chi connectivity index (χ1v) is 6.60. The van der Waals surface area contributed by atoms with Crippen LogP contribution in [0.2, 0.25) is 0 Å². The Balaban J connectivity index is 1.83. The van der Waals surface area contributed by atoms with E-state index >= 15 is 0 Å². The molecule has 1 heterocycles. The van der Waals surface area contributed by atoms with Gasteiger partial charge in [-0.05, 0) is 30.7 Å². The average molecular weight is 266 g/mol. The number of fused-ring (bicyclic) bond motifs is 1. The molecular weight excluding hydrogens is 250 g/mol. The summed E-state index contributed by atoms with van der Waals surface area (Å²) in [7, 11) is 0. The Kier molecular flexibility index (Phi) is 2.92. The Morgan fingerprint density at radius 3 is 2.42 bits per heavy atom. The maximum Gasteiger partial charge on any atom is 0.256 e. The molecule has 2 aliphatic rings. The monoisotopic (exact) mass is 266 g/mol. The Hall–Kier alpha value is -1.65. The van der Waals surface area contributed by atoms with Gasteiger partial charge in [-0.1, -0.05) is 6.42 Å². The molecule has 0 radical (unpaired) electrons. The number of nitrogen functional groups attached to an aromatic ring is 1. The highest BCUT2D eigenvalue weighted by molar-refractivity contribution is 5.95. The number of halogens is 2. The topological polar surface area (TPSA) is 46.3 Å². The number of hydrogen-bond acceptors (Lipinski definition) is 2. The highest BCUT2D eigenvalue weighted by Gasteiger charge is 2.38. The number of nitrogens with zero attached hydrogens (tertiary/aromatic N) is 1. The molecule has 5 heteroatoms. The standard InChI is InChI=1S/C14H16F2N2O/c15-11-5-12(16)13(17)4-10(11)14(19)18-6-8-2-1-3-9(8)7-18/h4-5,8-9H,1-3,6-7,17H2. The number of amides is 1. The Labute approximate surface area is 110 Å². The number of rotatable bonds is 1. The average Bonchev–Trinajstić information content (AvgIpc) is 2.93. The molecule has 3 nitrogen and oxygen atoms in total. The van der Waals surface area contributed by atoms with Crippen molar-refractivity contribution < 1.29 is 13.6 Å². The van der Waals surface area contributed by atoms with Gasteiger partial charge in [-0.2, -0.15) is 0 Å². The zero-order valence-electron chi connectivity index (χ0n) is 10.5. The minimum absolute atomic E-state index is 0.126. The minimum atomic E-state index is -0.839. The number of benzene rings is 1. The van der Waals surface area contributed by atoms with Crippen molar-refractivity contribution in [3.05, 3.63) is 29.3 Å². The maximum atomic E-state index is 13.7.